The lowest BCUT2D eigenvalue weighted by Crippen LogP contribution is -2.10. The van der Waals surface area contributed by atoms with Gasteiger partial charge in [0.2, 0.25) is 0 Å². The number of halogens is 1. The zero-order valence-corrected chi connectivity index (χ0v) is 11.5. The first-order valence-corrected chi connectivity index (χ1v) is 6.58. The smallest absolute Gasteiger partial charge is 0.269 e. The molecule has 2 rings (SSSR count). The number of nitro benzene ring substituents is 1. The van der Waals surface area contributed by atoms with E-state index in [1.807, 2.05) is 6.92 Å². The second-order valence-electron chi connectivity index (χ2n) is 4.44. The van der Waals surface area contributed by atoms with E-state index in [0.29, 0.717) is 25.1 Å². The lowest BCUT2D eigenvalue weighted by atomic mass is 10.1. The van der Waals surface area contributed by atoms with Gasteiger partial charge < -0.3 is 5.32 Å². The molecule has 21 heavy (non-hydrogen) atoms. The third-order valence-electron chi connectivity index (χ3n) is 3.05. The fraction of sp³-hybridized carbons (Fsp3) is 0.286. The Bertz CT molecular complexity index is 631. The molecule has 0 radical (unpaired) electrons. The van der Waals surface area contributed by atoms with Crippen LogP contribution in [0.4, 0.5) is 15.9 Å². The maximum Gasteiger partial charge on any atom is 0.269 e. The number of aryl methyl sites for hydroxylation is 1. The van der Waals surface area contributed by atoms with Gasteiger partial charge in [0.15, 0.2) is 11.6 Å². The molecule has 0 aliphatic rings. The van der Waals surface area contributed by atoms with E-state index in [0.717, 1.165) is 5.56 Å². The summed E-state index contributed by atoms with van der Waals surface area (Å²) in [6.45, 7) is 2.31. The Morgan fingerprint density at radius 1 is 1.29 bits per heavy atom. The molecule has 6 nitrogen and oxygen atoms in total. The minimum Gasteiger partial charge on any atom is -0.367 e. The van der Waals surface area contributed by atoms with E-state index in [2.05, 4.69) is 15.3 Å². The Morgan fingerprint density at radius 2 is 2.00 bits per heavy atom. The minimum atomic E-state index is -0.440. The number of nitrogens with zero attached hydrogens (tertiary/aromatic N) is 3. The van der Waals surface area contributed by atoms with Gasteiger partial charge in [-0.05, 0) is 18.4 Å². The van der Waals surface area contributed by atoms with Crippen molar-refractivity contribution in [1.82, 2.24) is 9.97 Å². The topological polar surface area (TPSA) is 81.0 Å². The molecule has 0 aliphatic heterocycles. The highest BCUT2D eigenvalue weighted by Crippen LogP contribution is 2.14. The van der Waals surface area contributed by atoms with Crippen molar-refractivity contribution in [3.8, 4) is 0 Å². The van der Waals surface area contributed by atoms with Gasteiger partial charge in [-0.15, -0.1) is 0 Å². The Balaban J connectivity index is 1.94. The van der Waals surface area contributed by atoms with E-state index in [1.165, 1.54) is 18.5 Å². The van der Waals surface area contributed by atoms with Crippen molar-refractivity contribution in [2.45, 2.75) is 19.8 Å². The highest BCUT2D eigenvalue weighted by molar-refractivity contribution is 5.38. The summed E-state index contributed by atoms with van der Waals surface area (Å²) >= 11 is 0. The largest absolute Gasteiger partial charge is 0.367 e. The molecular weight excluding hydrogens is 275 g/mol. The summed E-state index contributed by atoms with van der Waals surface area (Å²) in [7, 11) is 0. The van der Waals surface area contributed by atoms with Crippen LogP contribution in [0, 0.1) is 15.9 Å². The number of hydrogen-bond donors (Lipinski definition) is 1. The number of nitrogens with one attached hydrogen (secondary N) is 1. The minimum absolute atomic E-state index is 0.0566. The molecule has 0 saturated carbocycles. The number of nitro groups is 1. The molecule has 110 valence electrons. The van der Waals surface area contributed by atoms with Crippen LogP contribution < -0.4 is 5.32 Å². The van der Waals surface area contributed by atoms with Crippen LogP contribution in [0.15, 0.2) is 30.6 Å². The molecule has 0 unspecified atom stereocenters. The Hall–Kier alpha value is -2.57. The van der Waals surface area contributed by atoms with Gasteiger partial charge in [-0.25, -0.2) is 14.4 Å². The summed E-state index contributed by atoms with van der Waals surface area (Å²) in [6.07, 6.45) is 2.45. The molecule has 1 aromatic carbocycles. The van der Waals surface area contributed by atoms with Crippen molar-refractivity contribution in [1.29, 1.82) is 0 Å². The quantitative estimate of drug-likeness (QED) is 0.653. The fourth-order valence-electron chi connectivity index (χ4n) is 1.89. The monoisotopic (exact) mass is 290 g/mol. The first-order valence-electron chi connectivity index (χ1n) is 6.58. The molecule has 1 heterocycles. The summed E-state index contributed by atoms with van der Waals surface area (Å²) in [5.41, 5.74) is 1.36. The number of aromatic nitrogens is 2. The lowest BCUT2D eigenvalue weighted by Gasteiger charge is -2.08. The average molecular weight is 290 g/mol. The standard InChI is InChI=1S/C14H15FN4O2/c1-2-12-13(15)14(18-9-17-12)16-8-7-10-3-5-11(6-4-10)19(20)21/h3-6,9H,2,7-8H2,1H3,(H,16,17,18). The van der Waals surface area contributed by atoms with Gasteiger partial charge in [0, 0.05) is 18.7 Å². The zero-order valence-electron chi connectivity index (χ0n) is 11.5. The van der Waals surface area contributed by atoms with E-state index in [9.17, 15) is 14.5 Å². The summed E-state index contributed by atoms with van der Waals surface area (Å²) in [4.78, 5) is 17.8. The molecule has 0 spiro atoms. The highest BCUT2D eigenvalue weighted by atomic mass is 19.1. The van der Waals surface area contributed by atoms with E-state index < -0.39 is 10.7 Å². The molecule has 0 aliphatic carbocycles. The Labute approximate surface area is 121 Å². The third kappa shape index (κ3) is 3.71. The predicted octanol–water partition coefficient (Wildman–Crippen LogP) is 2.74. The number of rotatable bonds is 6. The summed E-state index contributed by atoms with van der Waals surface area (Å²) in [5, 5.41) is 13.5. The van der Waals surface area contributed by atoms with Crippen molar-refractivity contribution in [3.63, 3.8) is 0 Å². The van der Waals surface area contributed by atoms with Gasteiger partial charge in [-0.3, -0.25) is 10.1 Å². The highest BCUT2D eigenvalue weighted by Gasteiger charge is 2.09. The number of non-ortho nitro benzene ring substituents is 1. The van der Waals surface area contributed by atoms with E-state index in [-0.39, 0.29) is 11.5 Å². The molecule has 1 aromatic heterocycles. The second-order valence-corrected chi connectivity index (χ2v) is 4.44. The van der Waals surface area contributed by atoms with Crippen LogP contribution in [-0.4, -0.2) is 21.4 Å². The molecule has 7 heteroatoms. The van der Waals surface area contributed by atoms with Crippen LogP contribution in [0.1, 0.15) is 18.2 Å². The van der Waals surface area contributed by atoms with Gasteiger partial charge in [0.05, 0.1) is 10.6 Å². The maximum atomic E-state index is 13.9. The van der Waals surface area contributed by atoms with Gasteiger partial charge in [-0.1, -0.05) is 19.1 Å². The maximum absolute atomic E-state index is 13.9. The van der Waals surface area contributed by atoms with Crippen molar-refractivity contribution >= 4 is 11.5 Å². The number of hydrogen-bond acceptors (Lipinski definition) is 5. The van der Waals surface area contributed by atoms with Crippen LogP contribution in [0.2, 0.25) is 0 Å². The summed E-state index contributed by atoms with van der Waals surface area (Å²) < 4.78 is 13.9. The van der Waals surface area contributed by atoms with E-state index in [4.69, 9.17) is 0 Å². The van der Waals surface area contributed by atoms with Crippen LogP contribution in [-0.2, 0) is 12.8 Å². The first kappa shape index (κ1) is 14.8. The molecule has 2 aromatic rings. The van der Waals surface area contributed by atoms with E-state index in [1.54, 1.807) is 12.1 Å². The Morgan fingerprint density at radius 3 is 2.62 bits per heavy atom. The van der Waals surface area contributed by atoms with Crippen molar-refractivity contribution in [2.24, 2.45) is 0 Å². The van der Waals surface area contributed by atoms with Crippen molar-refractivity contribution in [3.05, 3.63) is 57.8 Å². The lowest BCUT2D eigenvalue weighted by molar-refractivity contribution is -0.384. The van der Waals surface area contributed by atoms with Gasteiger partial charge in [0.1, 0.15) is 6.33 Å². The molecule has 0 amide bonds. The zero-order chi connectivity index (χ0) is 15.2. The molecule has 0 bridgehead atoms. The normalized spacial score (nSPS) is 10.4. The predicted molar refractivity (Wildman–Crippen MR) is 76.7 cm³/mol. The van der Waals surface area contributed by atoms with Crippen molar-refractivity contribution < 1.29 is 9.31 Å². The fourth-order valence-corrected chi connectivity index (χ4v) is 1.89. The third-order valence-corrected chi connectivity index (χ3v) is 3.05. The SMILES string of the molecule is CCc1ncnc(NCCc2ccc([N+](=O)[O-])cc2)c1F. The van der Waals surface area contributed by atoms with Crippen molar-refractivity contribution in [2.75, 3.05) is 11.9 Å². The molecule has 0 saturated heterocycles. The average Bonchev–Trinajstić information content (AvgIpc) is 2.49. The van der Waals surface area contributed by atoms with Gasteiger partial charge in [-0.2, -0.15) is 0 Å². The summed E-state index contributed by atoms with van der Waals surface area (Å²) in [5.74, 6) is -0.243. The molecule has 0 atom stereocenters. The van der Waals surface area contributed by atoms with Crippen LogP contribution in [0.3, 0.4) is 0 Å². The second kappa shape index (κ2) is 6.74. The van der Waals surface area contributed by atoms with E-state index >= 15 is 0 Å². The molecule has 0 fully saturated rings. The van der Waals surface area contributed by atoms with Gasteiger partial charge in [0.25, 0.3) is 5.69 Å². The van der Waals surface area contributed by atoms with Crippen LogP contribution >= 0.6 is 0 Å². The van der Waals surface area contributed by atoms with Gasteiger partial charge >= 0.3 is 0 Å². The Kier molecular flexibility index (Phi) is 4.76. The van der Waals surface area contributed by atoms with Crippen LogP contribution in [0.5, 0.6) is 0 Å². The number of benzene rings is 1. The van der Waals surface area contributed by atoms with Crippen LogP contribution in [0.25, 0.3) is 0 Å². The molecular formula is C14H15FN4O2. The number of anilines is 1. The summed E-state index contributed by atoms with van der Waals surface area (Å²) in [6, 6.07) is 6.28. The first-order chi connectivity index (χ1) is 10.1. The molecule has 1 N–H and O–H groups in total.